The van der Waals surface area contributed by atoms with E-state index < -0.39 is 0 Å². The van der Waals surface area contributed by atoms with Crippen LogP contribution in [-0.4, -0.2) is 37.7 Å². The van der Waals surface area contributed by atoms with Crippen LogP contribution in [0, 0.1) is 5.92 Å². The molecule has 5 heteroatoms. The van der Waals surface area contributed by atoms with E-state index in [9.17, 15) is 4.79 Å². The number of rotatable bonds is 4. The number of amides is 1. The molecule has 1 aliphatic heterocycles. The molecular weight excluding hydrogens is 228 g/mol. The fourth-order valence-corrected chi connectivity index (χ4v) is 2.12. The van der Waals surface area contributed by atoms with E-state index in [0.29, 0.717) is 19.2 Å². The normalized spacial score (nSPS) is 32.7. The minimum Gasteiger partial charge on any atom is -0.366 e. The van der Waals surface area contributed by atoms with Crippen molar-refractivity contribution < 1.29 is 9.53 Å². The predicted molar refractivity (Wildman–Crippen MR) is 64.8 cm³/mol. The summed E-state index contributed by atoms with van der Waals surface area (Å²) in [6.45, 7) is 4.33. The van der Waals surface area contributed by atoms with Crippen molar-refractivity contribution in [3.05, 3.63) is 0 Å². The summed E-state index contributed by atoms with van der Waals surface area (Å²) in [5, 5.41) is 6.21. The Morgan fingerprint density at radius 3 is 3.00 bits per heavy atom. The van der Waals surface area contributed by atoms with E-state index in [0.717, 1.165) is 18.9 Å². The Bertz CT molecular complexity index is 232. The smallest absolute Gasteiger partial charge is 0.250 e. The Morgan fingerprint density at radius 1 is 1.56 bits per heavy atom. The van der Waals surface area contributed by atoms with E-state index in [1.165, 1.54) is 12.8 Å². The lowest BCUT2D eigenvalue weighted by Crippen LogP contribution is -2.48. The number of hydrogen-bond donors (Lipinski definition) is 2. The molecule has 3 atom stereocenters. The van der Waals surface area contributed by atoms with E-state index in [4.69, 9.17) is 4.74 Å². The van der Waals surface area contributed by atoms with Gasteiger partial charge in [0.2, 0.25) is 0 Å². The van der Waals surface area contributed by atoms with Crippen LogP contribution in [-0.2, 0) is 9.53 Å². The van der Waals surface area contributed by atoms with E-state index in [1.807, 2.05) is 0 Å². The Kier molecular flexibility index (Phi) is 5.52. The summed E-state index contributed by atoms with van der Waals surface area (Å²) < 4.78 is 5.39. The molecule has 1 saturated heterocycles. The molecule has 0 radical (unpaired) electrons. The van der Waals surface area contributed by atoms with Crippen molar-refractivity contribution in [2.45, 2.75) is 38.3 Å². The van der Waals surface area contributed by atoms with Crippen molar-refractivity contribution in [1.82, 2.24) is 10.6 Å². The molecule has 4 nitrogen and oxygen atoms in total. The van der Waals surface area contributed by atoms with Crippen LogP contribution in [0.3, 0.4) is 0 Å². The van der Waals surface area contributed by atoms with Gasteiger partial charge in [-0.25, -0.2) is 0 Å². The highest BCUT2D eigenvalue weighted by atomic mass is 35.5. The highest BCUT2D eigenvalue weighted by Crippen LogP contribution is 2.34. The fraction of sp³-hybridized carbons (Fsp3) is 0.909. The molecule has 1 heterocycles. The van der Waals surface area contributed by atoms with Gasteiger partial charge in [0.1, 0.15) is 6.10 Å². The van der Waals surface area contributed by atoms with Crippen LogP contribution in [0.5, 0.6) is 0 Å². The molecule has 0 aromatic carbocycles. The number of ether oxygens (including phenoxy) is 1. The summed E-state index contributed by atoms with van der Waals surface area (Å²) in [5.74, 6) is 0.779. The quantitative estimate of drug-likeness (QED) is 0.770. The topological polar surface area (TPSA) is 50.4 Å². The largest absolute Gasteiger partial charge is 0.366 e. The first kappa shape index (κ1) is 13.7. The first-order valence-electron chi connectivity index (χ1n) is 5.94. The van der Waals surface area contributed by atoms with Crippen LogP contribution in [0.4, 0.5) is 0 Å². The third kappa shape index (κ3) is 3.61. The minimum absolute atomic E-state index is 0. The van der Waals surface area contributed by atoms with Crippen LogP contribution in [0.15, 0.2) is 0 Å². The predicted octanol–water partition coefficient (Wildman–Crippen LogP) is 0.701. The highest BCUT2D eigenvalue weighted by molar-refractivity contribution is 5.85. The number of nitrogens with one attached hydrogen (secondary N) is 2. The van der Waals surface area contributed by atoms with Gasteiger partial charge < -0.3 is 15.4 Å². The van der Waals surface area contributed by atoms with Crippen LogP contribution in [0.25, 0.3) is 0 Å². The summed E-state index contributed by atoms with van der Waals surface area (Å²) in [6.07, 6.45) is 3.31. The monoisotopic (exact) mass is 248 g/mol. The summed E-state index contributed by atoms with van der Waals surface area (Å²) in [5.41, 5.74) is 0. The Labute approximate surface area is 103 Å². The average molecular weight is 249 g/mol. The van der Waals surface area contributed by atoms with Gasteiger partial charge in [-0.1, -0.05) is 13.3 Å². The summed E-state index contributed by atoms with van der Waals surface area (Å²) >= 11 is 0. The molecule has 0 bridgehead atoms. The van der Waals surface area contributed by atoms with Gasteiger partial charge in [-0.05, 0) is 18.8 Å². The molecule has 2 aliphatic rings. The third-order valence-electron chi connectivity index (χ3n) is 3.13. The van der Waals surface area contributed by atoms with E-state index in [1.54, 1.807) is 0 Å². The second-order valence-electron chi connectivity index (χ2n) is 4.46. The molecule has 3 unspecified atom stereocenters. The molecule has 1 aliphatic carbocycles. The molecule has 2 fully saturated rings. The number of hydrogen-bond acceptors (Lipinski definition) is 3. The van der Waals surface area contributed by atoms with E-state index in [-0.39, 0.29) is 24.4 Å². The standard InChI is InChI=1S/C11H20N2O2.ClH/c1-2-3-8-6-9(8)13-11(14)10-7-12-4-5-15-10;/h8-10,12H,2-7H2,1H3,(H,13,14);1H. The van der Waals surface area contributed by atoms with Crippen molar-refractivity contribution in [2.75, 3.05) is 19.7 Å². The molecule has 16 heavy (non-hydrogen) atoms. The molecule has 2 rings (SSSR count). The molecule has 0 aromatic heterocycles. The maximum absolute atomic E-state index is 11.7. The SMILES string of the molecule is CCCC1CC1NC(=O)C1CNCCO1.Cl. The highest BCUT2D eigenvalue weighted by Gasteiger charge is 2.38. The van der Waals surface area contributed by atoms with Crippen LogP contribution in [0.2, 0.25) is 0 Å². The first-order valence-corrected chi connectivity index (χ1v) is 5.94. The molecule has 1 amide bonds. The Balaban J connectivity index is 0.00000128. The maximum atomic E-state index is 11.7. The van der Waals surface area contributed by atoms with Crippen LogP contribution < -0.4 is 10.6 Å². The van der Waals surface area contributed by atoms with Gasteiger partial charge in [0.15, 0.2) is 0 Å². The number of morpholine rings is 1. The third-order valence-corrected chi connectivity index (χ3v) is 3.13. The number of carbonyl (C=O) groups excluding carboxylic acids is 1. The summed E-state index contributed by atoms with van der Waals surface area (Å²) in [6, 6.07) is 0.419. The first-order chi connectivity index (χ1) is 7.31. The average Bonchev–Trinajstić information content (AvgIpc) is 2.98. The van der Waals surface area contributed by atoms with Crippen molar-refractivity contribution in [1.29, 1.82) is 0 Å². The Hall–Kier alpha value is -0.320. The Morgan fingerprint density at radius 2 is 2.38 bits per heavy atom. The van der Waals surface area contributed by atoms with Crippen molar-refractivity contribution >= 4 is 18.3 Å². The van der Waals surface area contributed by atoms with Gasteiger partial charge in [-0.3, -0.25) is 4.79 Å². The van der Waals surface area contributed by atoms with Crippen molar-refractivity contribution in [3.8, 4) is 0 Å². The zero-order chi connectivity index (χ0) is 10.7. The number of halogens is 1. The molecule has 0 aromatic rings. The van der Waals surface area contributed by atoms with Gasteiger partial charge in [-0.15, -0.1) is 12.4 Å². The summed E-state index contributed by atoms with van der Waals surface area (Å²) in [4.78, 5) is 11.7. The second kappa shape index (κ2) is 6.42. The van der Waals surface area contributed by atoms with Crippen molar-refractivity contribution in [2.24, 2.45) is 5.92 Å². The van der Waals surface area contributed by atoms with Crippen LogP contribution >= 0.6 is 12.4 Å². The van der Waals surface area contributed by atoms with Crippen LogP contribution in [0.1, 0.15) is 26.2 Å². The van der Waals surface area contributed by atoms with Gasteiger partial charge in [0, 0.05) is 19.1 Å². The van der Waals surface area contributed by atoms with Crippen molar-refractivity contribution in [3.63, 3.8) is 0 Å². The van der Waals surface area contributed by atoms with Gasteiger partial charge >= 0.3 is 0 Å². The molecule has 0 spiro atoms. The lowest BCUT2D eigenvalue weighted by atomic mass is 10.2. The lowest BCUT2D eigenvalue weighted by molar-refractivity contribution is -0.134. The molecule has 2 N–H and O–H groups in total. The summed E-state index contributed by atoms with van der Waals surface area (Å²) in [7, 11) is 0. The molecular formula is C11H21ClN2O2. The number of carbonyl (C=O) groups is 1. The fourth-order valence-electron chi connectivity index (χ4n) is 2.12. The van der Waals surface area contributed by atoms with Gasteiger partial charge in [0.05, 0.1) is 6.61 Å². The second-order valence-corrected chi connectivity index (χ2v) is 4.46. The van der Waals surface area contributed by atoms with E-state index >= 15 is 0 Å². The zero-order valence-corrected chi connectivity index (χ0v) is 10.5. The van der Waals surface area contributed by atoms with Gasteiger partial charge in [-0.2, -0.15) is 0 Å². The minimum atomic E-state index is -0.276. The zero-order valence-electron chi connectivity index (χ0n) is 9.70. The van der Waals surface area contributed by atoms with E-state index in [2.05, 4.69) is 17.6 Å². The maximum Gasteiger partial charge on any atom is 0.250 e. The van der Waals surface area contributed by atoms with Gasteiger partial charge in [0.25, 0.3) is 5.91 Å². The molecule has 1 saturated carbocycles. The lowest BCUT2D eigenvalue weighted by Gasteiger charge is -2.22. The molecule has 94 valence electrons.